The van der Waals surface area contributed by atoms with Gasteiger partial charge < -0.3 is 25.5 Å². The number of fused-ring (bicyclic) bond motifs is 1. The fourth-order valence-corrected chi connectivity index (χ4v) is 3.83. The molecule has 0 aliphatic rings. The molecule has 8 heteroatoms. The lowest BCUT2D eigenvalue weighted by molar-refractivity contribution is 0.0236. The maximum atomic E-state index is 12.8. The van der Waals surface area contributed by atoms with E-state index in [0.29, 0.717) is 35.4 Å². The Labute approximate surface area is 172 Å². The first-order valence-corrected chi connectivity index (χ1v) is 10.1. The highest BCUT2D eigenvalue weighted by molar-refractivity contribution is 7.16. The fraction of sp³-hybridized carbons (Fsp3) is 0.333. The van der Waals surface area contributed by atoms with E-state index in [-0.39, 0.29) is 10.6 Å². The summed E-state index contributed by atoms with van der Waals surface area (Å²) in [5.41, 5.74) is 8.05. The van der Waals surface area contributed by atoms with Crippen molar-refractivity contribution >= 4 is 33.3 Å². The summed E-state index contributed by atoms with van der Waals surface area (Å²) in [6, 6.07) is 10.7. The van der Waals surface area contributed by atoms with E-state index >= 15 is 0 Å². The summed E-state index contributed by atoms with van der Waals surface area (Å²) in [5, 5.41) is 9.96. The molecule has 0 unspecified atom stereocenters. The zero-order valence-corrected chi connectivity index (χ0v) is 17.5. The largest absolute Gasteiger partial charge is 0.506 e. The van der Waals surface area contributed by atoms with Crippen molar-refractivity contribution in [3.63, 3.8) is 0 Å². The number of amides is 1. The standard InChI is InChI=1S/C21H25N3O4S/c1-21(2,3)28-20(27)24(12-13-4-7-15(22)8-5-13)11-10-14-6-9-16(25)17-18(14)29-19(26)23-17/h4-9,25H,10-12,22H2,1-3H3,(H,23,26). The highest BCUT2D eigenvalue weighted by Gasteiger charge is 2.23. The maximum absolute atomic E-state index is 12.8. The highest BCUT2D eigenvalue weighted by Crippen LogP contribution is 2.28. The van der Waals surface area contributed by atoms with Gasteiger partial charge in [0, 0.05) is 18.8 Å². The van der Waals surface area contributed by atoms with Crippen molar-refractivity contribution < 1.29 is 14.6 Å². The van der Waals surface area contributed by atoms with Gasteiger partial charge in [-0.05, 0) is 56.5 Å². The number of rotatable bonds is 5. The number of nitrogens with one attached hydrogen (secondary N) is 1. The van der Waals surface area contributed by atoms with E-state index in [4.69, 9.17) is 10.5 Å². The molecule has 0 saturated carbocycles. The molecule has 0 spiro atoms. The van der Waals surface area contributed by atoms with Crippen LogP contribution in [0.1, 0.15) is 31.9 Å². The van der Waals surface area contributed by atoms with Crippen molar-refractivity contribution in [2.24, 2.45) is 0 Å². The molecular formula is C21H25N3O4S. The Morgan fingerprint density at radius 2 is 1.90 bits per heavy atom. The number of aromatic hydroxyl groups is 1. The van der Waals surface area contributed by atoms with Crippen LogP contribution in [0.4, 0.5) is 10.5 Å². The smallest absolute Gasteiger partial charge is 0.410 e. The van der Waals surface area contributed by atoms with Crippen LogP contribution < -0.4 is 10.6 Å². The van der Waals surface area contributed by atoms with Crippen molar-refractivity contribution in [1.82, 2.24) is 9.88 Å². The number of phenols is 1. The van der Waals surface area contributed by atoms with Crippen molar-refractivity contribution in [3.8, 4) is 5.75 Å². The van der Waals surface area contributed by atoms with Gasteiger partial charge in [0.05, 0.1) is 4.70 Å². The lowest BCUT2D eigenvalue weighted by Gasteiger charge is -2.27. The summed E-state index contributed by atoms with van der Waals surface area (Å²) in [6.07, 6.45) is 0.102. The Morgan fingerprint density at radius 3 is 2.55 bits per heavy atom. The summed E-state index contributed by atoms with van der Waals surface area (Å²) < 4.78 is 6.26. The minimum absolute atomic E-state index is 0.0352. The number of thiazole rings is 1. The number of hydrogen-bond acceptors (Lipinski definition) is 6. The zero-order chi connectivity index (χ0) is 21.2. The van der Waals surface area contributed by atoms with E-state index in [1.807, 2.05) is 32.9 Å². The number of nitrogens with two attached hydrogens (primary N) is 1. The second-order valence-electron chi connectivity index (χ2n) is 7.86. The number of anilines is 1. The minimum atomic E-state index is -0.609. The lowest BCUT2D eigenvalue weighted by Crippen LogP contribution is -2.37. The molecule has 0 radical (unpaired) electrons. The van der Waals surface area contributed by atoms with E-state index in [9.17, 15) is 14.7 Å². The van der Waals surface area contributed by atoms with Crippen LogP contribution in [0.3, 0.4) is 0 Å². The Kier molecular flexibility index (Phi) is 5.83. The average Bonchev–Trinajstić information content (AvgIpc) is 3.03. The van der Waals surface area contributed by atoms with E-state index < -0.39 is 11.7 Å². The van der Waals surface area contributed by atoms with Crippen LogP contribution in [-0.2, 0) is 17.7 Å². The molecule has 4 N–H and O–H groups in total. The third-order valence-corrected chi connectivity index (χ3v) is 5.25. The van der Waals surface area contributed by atoms with Gasteiger partial charge in [-0.3, -0.25) is 4.79 Å². The average molecular weight is 416 g/mol. The zero-order valence-electron chi connectivity index (χ0n) is 16.7. The highest BCUT2D eigenvalue weighted by atomic mass is 32.1. The number of phenolic OH excluding ortho intramolecular Hbond substituents is 1. The summed E-state index contributed by atoms with van der Waals surface area (Å²) in [5.74, 6) is 0.0352. The van der Waals surface area contributed by atoms with Gasteiger partial charge in [0.25, 0.3) is 0 Å². The third-order valence-electron chi connectivity index (χ3n) is 4.29. The number of ether oxygens (including phenoxy) is 1. The van der Waals surface area contributed by atoms with Gasteiger partial charge in [0.2, 0.25) is 0 Å². The number of hydrogen-bond donors (Lipinski definition) is 3. The number of carbonyl (C=O) groups is 1. The van der Waals surface area contributed by atoms with Crippen molar-refractivity contribution in [2.45, 2.75) is 39.3 Å². The molecule has 0 aliphatic heterocycles. The quantitative estimate of drug-likeness (QED) is 0.548. The van der Waals surface area contributed by atoms with Crippen LogP contribution in [0.15, 0.2) is 41.2 Å². The Morgan fingerprint density at radius 1 is 1.21 bits per heavy atom. The molecule has 0 aliphatic carbocycles. The van der Waals surface area contributed by atoms with Crippen LogP contribution in [0.5, 0.6) is 5.75 Å². The number of nitrogens with zero attached hydrogens (tertiary/aromatic N) is 1. The van der Waals surface area contributed by atoms with Gasteiger partial charge in [-0.15, -0.1) is 0 Å². The SMILES string of the molecule is CC(C)(C)OC(=O)N(CCc1ccc(O)c2[nH]c(=O)sc12)Cc1ccc(N)cc1. The topological polar surface area (TPSA) is 109 Å². The van der Waals surface area contributed by atoms with Crippen molar-refractivity contribution in [1.29, 1.82) is 0 Å². The molecule has 0 saturated heterocycles. The predicted molar refractivity (Wildman–Crippen MR) is 115 cm³/mol. The Hall–Kier alpha value is -3.00. The molecule has 3 rings (SSSR count). The van der Waals surface area contributed by atoms with Gasteiger partial charge in [-0.2, -0.15) is 0 Å². The number of aromatic nitrogens is 1. The van der Waals surface area contributed by atoms with Gasteiger partial charge in [-0.1, -0.05) is 29.5 Å². The number of aromatic amines is 1. The van der Waals surface area contributed by atoms with Crippen LogP contribution in [0.25, 0.3) is 10.2 Å². The third kappa shape index (κ3) is 5.29. The second kappa shape index (κ2) is 8.16. The molecule has 0 bridgehead atoms. The molecule has 0 atom stereocenters. The molecule has 154 valence electrons. The second-order valence-corrected chi connectivity index (χ2v) is 8.84. The molecule has 1 heterocycles. The normalized spacial score (nSPS) is 11.6. The number of carbonyl (C=O) groups excluding carboxylic acids is 1. The Balaban J connectivity index is 1.83. The summed E-state index contributed by atoms with van der Waals surface area (Å²) in [6.45, 7) is 6.25. The van der Waals surface area contributed by atoms with Gasteiger partial charge in [-0.25, -0.2) is 4.79 Å². The molecule has 7 nitrogen and oxygen atoms in total. The van der Waals surface area contributed by atoms with Crippen LogP contribution in [0.2, 0.25) is 0 Å². The molecule has 1 amide bonds. The van der Waals surface area contributed by atoms with Gasteiger partial charge >= 0.3 is 11.0 Å². The minimum Gasteiger partial charge on any atom is -0.506 e. The van der Waals surface area contributed by atoms with Crippen molar-refractivity contribution in [3.05, 3.63) is 57.2 Å². The first kappa shape index (κ1) is 20.7. The maximum Gasteiger partial charge on any atom is 0.410 e. The molecule has 3 aromatic rings. The molecular weight excluding hydrogens is 390 g/mol. The van der Waals surface area contributed by atoms with Gasteiger partial charge in [0.15, 0.2) is 0 Å². The van der Waals surface area contributed by atoms with Crippen LogP contribution in [-0.4, -0.2) is 33.2 Å². The van der Waals surface area contributed by atoms with E-state index in [1.165, 1.54) is 0 Å². The summed E-state index contributed by atoms with van der Waals surface area (Å²) in [4.78, 5) is 28.5. The van der Waals surface area contributed by atoms with Crippen LogP contribution in [0, 0.1) is 0 Å². The van der Waals surface area contributed by atoms with E-state index in [2.05, 4.69) is 4.98 Å². The first-order chi connectivity index (χ1) is 13.6. The molecule has 29 heavy (non-hydrogen) atoms. The van der Waals surface area contributed by atoms with Crippen LogP contribution >= 0.6 is 11.3 Å². The number of nitrogen functional groups attached to an aromatic ring is 1. The van der Waals surface area contributed by atoms with Gasteiger partial charge in [0.1, 0.15) is 16.9 Å². The monoisotopic (exact) mass is 415 g/mol. The first-order valence-electron chi connectivity index (χ1n) is 9.28. The van der Waals surface area contributed by atoms with Crippen molar-refractivity contribution in [2.75, 3.05) is 12.3 Å². The van der Waals surface area contributed by atoms with E-state index in [1.54, 1.807) is 29.2 Å². The lowest BCUT2D eigenvalue weighted by atomic mass is 10.1. The predicted octanol–water partition coefficient (Wildman–Crippen LogP) is 3.86. The fourth-order valence-electron chi connectivity index (χ4n) is 2.93. The Bertz CT molecular complexity index is 1060. The number of benzene rings is 2. The summed E-state index contributed by atoms with van der Waals surface area (Å²) >= 11 is 1.05. The molecule has 0 fully saturated rings. The molecule has 1 aromatic heterocycles. The molecule has 2 aromatic carbocycles. The summed E-state index contributed by atoms with van der Waals surface area (Å²) in [7, 11) is 0. The van der Waals surface area contributed by atoms with E-state index in [0.717, 1.165) is 22.5 Å². The number of H-pyrrole nitrogens is 1.